The largest absolute Gasteiger partial charge is 0.364 e. The molecule has 0 saturated carbocycles. The van der Waals surface area contributed by atoms with E-state index >= 15 is 0 Å². The summed E-state index contributed by atoms with van der Waals surface area (Å²) in [6.07, 6.45) is 7.06. The minimum Gasteiger partial charge on any atom is -0.364 e. The first kappa shape index (κ1) is 16.9. The van der Waals surface area contributed by atoms with Crippen molar-refractivity contribution in [2.24, 2.45) is 10.9 Å². The van der Waals surface area contributed by atoms with Crippen LogP contribution in [0.15, 0.2) is 41.4 Å². The molecule has 130 valence electrons. The second-order valence-corrected chi connectivity index (χ2v) is 6.91. The number of anilines is 1. The molecule has 1 N–H and O–H groups in total. The van der Waals surface area contributed by atoms with Gasteiger partial charge in [-0.05, 0) is 43.4 Å². The van der Waals surface area contributed by atoms with Crippen molar-refractivity contribution >= 4 is 11.6 Å². The zero-order chi connectivity index (χ0) is 16.8. The number of guanidine groups is 1. The van der Waals surface area contributed by atoms with Crippen LogP contribution >= 0.6 is 0 Å². The number of aliphatic imine (C=N–C) groups is 1. The Morgan fingerprint density at radius 2 is 2.12 bits per heavy atom. The smallest absolute Gasteiger partial charge is 0.194 e. The maximum Gasteiger partial charge on any atom is 0.194 e. The molecule has 3 rings (SSSR count). The van der Waals surface area contributed by atoms with Crippen molar-refractivity contribution in [3.05, 3.63) is 42.0 Å². The van der Waals surface area contributed by atoms with E-state index in [0.717, 1.165) is 51.1 Å². The zero-order valence-corrected chi connectivity index (χ0v) is 15.0. The lowest BCUT2D eigenvalue weighted by Gasteiger charge is -2.33. The van der Waals surface area contributed by atoms with Crippen LogP contribution in [0.2, 0.25) is 0 Å². The first-order valence-electron chi connectivity index (χ1n) is 9.28. The van der Waals surface area contributed by atoms with E-state index in [-0.39, 0.29) is 0 Å². The minimum atomic E-state index is 0.738. The van der Waals surface area contributed by atoms with E-state index in [1.807, 2.05) is 0 Å². The van der Waals surface area contributed by atoms with Crippen molar-refractivity contribution in [1.82, 2.24) is 10.2 Å². The first-order chi connectivity index (χ1) is 11.8. The van der Waals surface area contributed by atoms with Crippen LogP contribution in [0.3, 0.4) is 0 Å². The van der Waals surface area contributed by atoms with Crippen LogP contribution in [-0.4, -0.2) is 43.6 Å². The molecule has 0 bridgehead atoms. The molecule has 0 aromatic heterocycles. The van der Waals surface area contributed by atoms with Crippen LogP contribution < -0.4 is 10.2 Å². The molecule has 24 heavy (non-hydrogen) atoms. The first-order valence-corrected chi connectivity index (χ1v) is 9.28. The average molecular weight is 326 g/mol. The highest BCUT2D eigenvalue weighted by Gasteiger charge is 2.19. The number of hydrogen-bond acceptors (Lipinski definition) is 2. The molecule has 1 aromatic rings. The van der Waals surface area contributed by atoms with Gasteiger partial charge in [-0.25, -0.2) is 4.99 Å². The Balaban J connectivity index is 1.68. The van der Waals surface area contributed by atoms with Gasteiger partial charge in [-0.1, -0.05) is 31.2 Å². The molecule has 1 saturated heterocycles. The average Bonchev–Trinajstić information content (AvgIpc) is 3.13. The molecule has 1 atom stereocenters. The summed E-state index contributed by atoms with van der Waals surface area (Å²) in [7, 11) is 0. The van der Waals surface area contributed by atoms with Gasteiger partial charge in [0.15, 0.2) is 5.96 Å². The number of likely N-dealkylation sites (tertiary alicyclic amines) is 1. The number of hydrogen-bond donors (Lipinski definition) is 1. The lowest BCUT2D eigenvalue weighted by Crippen LogP contribution is -2.46. The highest BCUT2D eigenvalue weighted by atomic mass is 15.3. The third-order valence-corrected chi connectivity index (χ3v) is 4.80. The van der Waals surface area contributed by atoms with Gasteiger partial charge in [0.05, 0.1) is 6.54 Å². The van der Waals surface area contributed by atoms with Gasteiger partial charge < -0.3 is 15.1 Å². The monoisotopic (exact) mass is 326 g/mol. The van der Waals surface area contributed by atoms with E-state index < -0.39 is 0 Å². The predicted octanol–water partition coefficient (Wildman–Crippen LogP) is 3.26. The highest BCUT2D eigenvalue weighted by molar-refractivity contribution is 5.80. The van der Waals surface area contributed by atoms with Gasteiger partial charge in [0, 0.05) is 38.4 Å². The van der Waals surface area contributed by atoms with E-state index in [0.29, 0.717) is 0 Å². The summed E-state index contributed by atoms with van der Waals surface area (Å²) in [5, 5.41) is 3.47. The summed E-state index contributed by atoms with van der Waals surface area (Å²) in [6.45, 7) is 10.4. The lowest BCUT2D eigenvalue weighted by molar-refractivity contribution is 0.266. The van der Waals surface area contributed by atoms with E-state index in [1.165, 1.54) is 24.1 Å². The third kappa shape index (κ3) is 4.31. The Labute approximate surface area is 146 Å². The topological polar surface area (TPSA) is 30.9 Å². The fourth-order valence-electron chi connectivity index (χ4n) is 3.51. The van der Waals surface area contributed by atoms with Crippen LogP contribution in [-0.2, 0) is 6.54 Å². The second-order valence-electron chi connectivity index (χ2n) is 6.91. The van der Waals surface area contributed by atoms with Crippen molar-refractivity contribution in [1.29, 1.82) is 0 Å². The normalized spacial score (nSPS) is 21.4. The summed E-state index contributed by atoms with van der Waals surface area (Å²) in [4.78, 5) is 9.71. The Morgan fingerprint density at radius 3 is 2.88 bits per heavy atom. The van der Waals surface area contributed by atoms with Gasteiger partial charge in [0.2, 0.25) is 0 Å². The summed E-state index contributed by atoms with van der Waals surface area (Å²) in [5.41, 5.74) is 2.57. The van der Waals surface area contributed by atoms with Gasteiger partial charge in [-0.3, -0.25) is 0 Å². The number of piperidine rings is 1. The molecule has 0 radical (unpaired) electrons. The van der Waals surface area contributed by atoms with E-state index in [4.69, 9.17) is 4.99 Å². The Hall–Kier alpha value is -1.97. The molecule has 1 unspecified atom stereocenters. The SMILES string of the molecule is CCNC(=NCc1cccc(N2CC=CC2)c1)N1CCCC(C)C1. The van der Waals surface area contributed by atoms with Crippen LogP contribution in [0.1, 0.15) is 32.3 Å². The van der Waals surface area contributed by atoms with E-state index in [2.05, 4.69) is 65.4 Å². The molecule has 4 heteroatoms. The summed E-state index contributed by atoms with van der Waals surface area (Å²) in [5.74, 6) is 1.82. The summed E-state index contributed by atoms with van der Waals surface area (Å²) in [6, 6.07) is 8.80. The molecule has 2 aliphatic rings. The maximum atomic E-state index is 4.91. The third-order valence-electron chi connectivity index (χ3n) is 4.80. The van der Waals surface area contributed by atoms with Crippen LogP contribution in [0.25, 0.3) is 0 Å². The molecule has 0 spiro atoms. The summed E-state index contributed by atoms with van der Waals surface area (Å²) < 4.78 is 0. The molecule has 0 aliphatic carbocycles. The van der Waals surface area contributed by atoms with Gasteiger partial charge in [-0.2, -0.15) is 0 Å². The maximum absolute atomic E-state index is 4.91. The Bertz CT molecular complexity index is 585. The lowest BCUT2D eigenvalue weighted by atomic mass is 10.0. The second kappa shape index (κ2) is 8.22. The van der Waals surface area contributed by atoms with Crippen LogP contribution in [0.5, 0.6) is 0 Å². The molecule has 2 heterocycles. The van der Waals surface area contributed by atoms with Gasteiger partial charge in [0.1, 0.15) is 0 Å². The predicted molar refractivity (Wildman–Crippen MR) is 103 cm³/mol. The number of nitrogens with one attached hydrogen (secondary N) is 1. The van der Waals surface area contributed by atoms with Gasteiger partial charge in [0.25, 0.3) is 0 Å². The summed E-state index contributed by atoms with van der Waals surface area (Å²) >= 11 is 0. The van der Waals surface area contributed by atoms with Crippen LogP contribution in [0.4, 0.5) is 5.69 Å². The molecule has 1 aromatic carbocycles. The van der Waals surface area contributed by atoms with Gasteiger partial charge in [-0.15, -0.1) is 0 Å². The van der Waals surface area contributed by atoms with Crippen molar-refractivity contribution in [3.8, 4) is 0 Å². The van der Waals surface area contributed by atoms with E-state index in [9.17, 15) is 0 Å². The van der Waals surface area contributed by atoms with Gasteiger partial charge >= 0.3 is 0 Å². The van der Waals surface area contributed by atoms with E-state index in [1.54, 1.807) is 0 Å². The Kier molecular flexibility index (Phi) is 5.78. The molecular formula is C20H30N4. The molecule has 2 aliphatic heterocycles. The van der Waals surface area contributed by atoms with Crippen molar-refractivity contribution < 1.29 is 0 Å². The Morgan fingerprint density at radius 1 is 1.29 bits per heavy atom. The number of nitrogens with zero attached hydrogens (tertiary/aromatic N) is 3. The molecule has 0 amide bonds. The quantitative estimate of drug-likeness (QED) is 0.523. The fraction of sp³-hybridized carbons (Fsp3) is 0.550. The molecule has 1 fully saturated rings. The van der Waals surface area contributed by atoms with Crippen LogP contribution in [0, 0.1) is 5.92 Å². The van der Waals surface area contributed by atoms with Crippen molar-refractivity contribution in [2.75, 3.05) is 37.6 Å². The van der Waals surface area contributed by atoms with Crippen molar-refractivity contribution in [2.45, 2.75) is 33.2 Å². The fourth-order valence-corrected chi connectivity index (χ4v) is 3.51. The number of rotatable bonds is 4. The highest BCUT2D eigenvalue weighted by Crippen LogP contribution is 2.19. The number of benzene rings is 1. The zero-order valence-electron chi connectivity index (χ0n) is 15.0. The molecular weight excluding hydrogens is 296 g/mol. The standard InChI is InChI=1S/C20H30N4/c1-3-21-20(24-13-7-8-17(2)16-24)22-15-18-9-6-10-19(14-18)23-11-4-5-12-23/h4-6,9-10,14,17H,3,7-8,11-13,15-16H2,1-2H3,(H,21,22). The molecule has 4 nitrogen and oxygen atoms in total. The van der Waals surface area contributed by atoms with Crippen molar-refractivity contribution in [3.63, 3.8) is 0 Å². The minimum absolute atomic E-state index is 0.738.